The van der Waals surface area contributed by atoms with Crippen molar-refractivity contribution in [2.75, 3.05) is 7.05 Å². The lowest BCUT2D eigenvalue weighted by Gasteiger charge is -2.14. The van der Waals surface area contributed by atoms with Gasteiger partial charge in [0.15, 0.2) is 0 Å². The molecule has 0 spiro atoms. The molecule has 1 rings (SSSR count). The summed E-state index contributed by atoms with van der Waals surface area (Å²) in [5.41, 5.74) is 0.871. The van der Waals surface area contributed by atoms with Gasteiger partial charge in [0.25, 0.3) is 0 Å². The van der Waals surface area contributed by atoms with Gasteiger partial charge in [-0.3, -0.25) is 4.98 Å². The van der Waals surface area contributed by atoms with Crippen LogP contribution in [0.25, 0.3) is 0 Å². The van der Waals surface area contributed by atoms with Crippen molar-refractivity contribution in [3.05, 3.63) is 29.8 Å². The van der Waals surface area contributed by atoms with E-state index >= 15 is 0 Å². The number of nitrogens with zero attached hydrogens (tertiary/aromatic N) is 1. The van der Waals surface area contributed by atoms with Crippen LogP contribution in [0.5, 0.6) is 0 Å². The number of rotatable bonds is 4. The van der Waals surface area contributed by atoms with E-state index in [1.54, 1.807) is 6.20 Å². The summed E-state index contributed by atoms with van der Waals surface area (Å²) < 4.78 is 12.9. The van der Waals surface area contributed by atoms with Crippen molar-refractivity contribution in [2.24, 2.45) is 0 Å². The zero-order valence-electron chi connectivity index (χ0n) is 9.05. The molecule has 1 aromatic heterocycles. The molecule has 15 heavy (non-hydrogen) atoms. The second kappa shape index (κ2) is 6.15. The fourth-order valence-corrected chi connectivity index (χ4v) is 1.44. The SMILES string of the molecule is CC#CCCC(NC)c1cncc(F)c1. The third-order valence-electron chi connectivity index (χ3n) is 2.21. The molecule has 0 saturated heterocycles. The Morgan fingerprint density at radius 2 is 2.33 bits per heavy atom. The molecule has 3 heteroatoms. The van der Waals surface area contributed by atoms with Gasteiger partial charge in [0.1, 0.15) is 5.82 Å². The highest BCUT2D eigenvalue weighted by Gasteiger charge is 2.09. The summed E-state index contributed by atoms with van der Waals surface area (Å²) in [4.78, 5) is 3.83. The maximum atomic E-state index is 12.9. The van der Waals surface area contributed by atoms with Crippen LogP contribution >= 0.6 is 0 Å². The summed E-state index contributed by atoms with van der Waals surface area (Å²) in [6.45, 7) is 1.82. The number of aromatic nitrogens is 1. The molecule has 1 unspecified atom stereocenters. The zero-order chi connectivity index (χ0) is 11.1. The first-order valence-electron chi connectivity index (χ1n) is 4.95. The Labute approximate surface area is 89.9 Å². The topological polar surface area (TPSA) is 24.9 Å². The van der Waals surface area contributed by atoms with E-state index in [4.69, 9.17) is 0 Å². The second-order valence-corrected chi connectivity index (χ2v) is 3.24. The van der Waals surface area contributed by atoms with Crippen molar-refractivity contribution in [1.29, 1.82) is 0 Å². The molecule has 0 aliphatic rings. The number of hydrogen-bond acceptors (Lipinski definition) is 2. The van der Waals surface area contributed by atoms with E-state index in [9.17, 15) is 4.39 Å². The van der Waals surface area contributed by atoms with E-state index in [-0.39, 0.29) is 11.9 Å². The Bertz CT molecular complexity index is 365. The molecule has 80 valence electrons. The smallest absolute Gasteiger partial charge is 0.141 e. The second-order valence-electron chi connectivity index (χ2n) is 3.24. The van der Waals surface area contributed by atoms with Gasteiger partial charge in [-0.1, -0.05) is 0 Å². The standard InChI is InChI=1S/C12H15FN2/c1-3-4-5-6-12(14-2)10-7-11(13)9-15-8-10/h7-9,12,14H,5-6H2,1-2H3. The third kappa shape index (κ3) is 3.69. The quantitative estimate of drug-likeness (QED) is 0.764. The Morgan fingerprint density at radius 1 is 1.53 bits per heavy atom. The van der Waals surface area contributed by atoms with Crippen LogP contribution in [0.2, 0.25) is 0 Å². The predicted octanol–water partition coefficient (Wildman–Crippen LogP) is 2.28. The van der Waals surface area contributed by atoms with E-state index in [2.05, 4.69) is 22.1 Å². The Balaban J connectivity index is 2.68. The van der Waals surface area contributed by atoms with Crippen LogP contribution in [0.15, 0.2) is 18.5 Å². The molecule has 0 aromatic carbocycles. The molecule has 1 atom stereocenters. The van der Waals surface area contributed by atoms with E-state index in [1.165, 1.54) is 12.3 Å². The molecule has 1 aromatic rings. The fourth-order valence-electron chi connectivity index (χ4n) is 1.44. The summed E-state index contributed by atoms with van der Waals surface area (Å²) in [5, 5.41) is 3.13. The van der Waals surface area contributed by atoms with Crippen LogP contribution in [0.1, 0.15) is 31.4 Å². The Hall–Kier alpha value is -1.40. The molecule has 1 N–H and O–H groups in total. The van der Waals surface area contributed by atoms with Crippen molar-refractivity contribution in [2.45, 2.75) is 25.8 Å². The van der Waals surface area contributed by atoms with E-state index < -0.39 is 0 Å². The average molecular weight is 206 g/mol. The Morgan fingerprint density at radius 3 is 2.93 bits per heavy atom. The van der Waals surface area contributed by atoms with E-state index in [0.717, 1.165) is 18.4 Å². The molecule has 1 heterocycles. The van der Waals surface area contributed by atoms with Crippen molar-refractivity contribution in [3.8, 4) is 11.8 Å². The molecule has 0 fully saturated rings. The predicted molar refractivity (Wildman–Crippen MR) is 58.7 cm³/mol. The van der Waals surface area contributed by atoms with Gasteiger partial charge in [-0.15, -0.1) is 11.8 Å². The van der Waals surface area contributed by atoms with Crippen LogP contribution in [-0.2, 0) is 0 Å². The minimum atomic E-state index is -0.297. The summed E-state index contributed by atoms with van der Waals surface area (Å²) in [6.07, 6.45) is 4.56. The van der Waals surface area contributed by atoms with Crippen molar-refractivity contribution < 1.29 is 4.39 Å². The minimum Gasteiger partial charge on any atom is -0.313 e. The molecule has 0 saturated carbocycles. The van der Waals surface area contributed by atoms with Gasteiger partial charge < -0.3 is 5.32 Å². The highest BCUT2D eigenvalue weighted by Crippen LogP contribution is 2.17. The van der Waals surface area contributed by atoms with Crippen LogP contribution in [0.4, 0.5) is 4.39 Å². The van der Waals surface area contributed by atoms with Crippen LogP contribution < -0.4 is 5.32 Å². The molecule has 0 bridgehead atoms. The number of hydrogen-bond donors (Lipinski definition) is 1. The lowest BCUT2D eigenvalue weighted by molar-refractivity contribution is 0.546. The number of halogens is 1. The molecule has 0 radical (unpaired) electrons. The summed E-state index contributed by atoms with van der Waals surface area (Å²) >= 11 is 0. The monoisotopic (exact) mass is 206 g/mol. The van der Waals surface area contributed by atoms with Gasteiger partial charge in [0, 0.05) is 18.7 Å². The van der Waals surface area contributed by atoms with Crippen molar-refractivity contribution >= 4 is 0 Å². The first kappa shape index (κ1) is 11.7. The van der Waals surface area contributed by atoms with Crippen molar-refractivity contribution in [1.82, 2.24) is 10.3 Å². The van der Waals surface area contributed by atoms with Gasteiger partial charge in [-0.05, 0) is 32.0 Å². The molecular formula is C12H15FN2. The number of nitrogens with one attached hydrogen (secondary N) is 1. The zero-order valence-corrected chi connectivity index (χ0v) is 9.05. The van der Waals surface area contributed by atoms with Gasteiger partial charge in [-0.2, -0.15) is 0 Å². The van der Waals surface area contributed by atoms with E-state index in [0.29, 0.717) is 0 Å². The molecule has 0 amide bonds. The largest absolute Gasteiger partial charge is 0.313 e. The number of pyridine rings is 1. The highest BCUT2D eigenvalue weighted by molar-refractivity contribution is 5.15. The van der Waals surface area contributed by atoms with Crippen LogP contribution in [-0.4, -0.2) is 12.0 Å². The van der Waals surface area contributed by atoms with Crippen LogP contribution in [0, 0.1) is 17.7 Å². The first-order valence-corrected chi connectivity index (χ1v) is 4.95. The van der Waals surface area contributed by atoms with Gasteiger partial charge in [0.05, 0.1) is 6.20 Å². The maximum Gasteiger partial charge on any atom is 0.141 e. The summed E-state index contributed by atoms with van der Waals surface area (Å²) in [6, 6.07) is 1.63. The molecule has 0 aliphatic heterocycles. The average Bonchev–Trinajstić information content (AvgIpc) is 2.24. The highest BCUT2D eigenvalue weighted by atomic mass is 19.1. The van der Waals surface area contributed by atoms with Gasteiger partial charge in [-0.25, -0.2) is 4.39 Å². The molecule has 0 aliphatic carbocycles. The van der Waals surface area contributed by atoms with Crippen LogP contribution in [0.3, 0.4) is 0 Å². The first-order chi connectivity index (χ1) is 7.27. The summed E-state index contributed by atoms with van der Waals surface area (Å²) in [5.74, 6) is 5.54. The van der Waals surface area contributed by atoms with Crippen molar-refractivity contribution in [3.63, 3.8) is 0 Å². The summed E-state index contributed by atoms with van der Waals surface area (Å²) in [7, 11) is 1.86. The van der Waals surface area contributed by atoms with Gasteiger partial charge >= 0.3 is 0 Å². The maximum absolute atomic E-state index is 12.9. The lowest BCUT2D eigenvalue weighted by atomic mass is 10.0. The minimum absolute atomic E-state index is 0.119. The fraction of sp³-hybridized carbons (Fsp3) is 0.417. The van der Waals surface area contributed by atoms with E-state index in [1.807, 2.05) is 14.0 Å². The normalized spacial score (nSPS) is 11.7. The molecule has 2 nitrogen and oxygen atoms in total. The Kier molecular flexibility index (Phi) is 4.79. The lowest BCUT2D eigenvalue weighted by Crippen LogP contribution is -2.16. The van der Waals surface area contributed by atoms with Gasteiger partial charge in [0.2, 0.25) is 0 Å². The molecular weight excluding hydrogens is 191 g/mol. The third-order valence-corrected chi connectivity index (χ3v) is 2.21.